The van der Waals surface area contributed by atoms with Crippen molar-refractivity contribution in [3.63, 3.8) is 0 Å². The number of imidazole rings is 1. The first kappa shape index (κ1) is 13.1. The van der Waals surface area contributed by atoms with Gasteiger partial charge in [0.25, 0.3) is 0 Å². The minimum atomic E-state index is 0.363. The SMILES string of the molecule is CC1(Cn2cncc2C2CCCCN2)CCOCC1. The minimum Gasteiger partial charge on any atom is -0.381 e. The number of aromatic nitrogens is 2. The monoisotopic (exact) mass is 263 g/mol. The number of hydrogen-bond donors (Lipinski definition) is 1. The molecule has 2 saturated heterocycles. The molecule has 0 saturated carbocycles. The topological polar surface area (TPSA) is 39.1 Å². The van der Waals surface area contributed by atoms with Crippen LogP contribution in [0.15, 0.2) is 12.5 Å². The van der Waals surface area contributed by atoms with E-state index in [0.717, 1.165) is 39.1 Å². The van der Waals surface area contributed by atoms with Crippen LogP contribution in [0.3, 0.4) is 0 Å². The molecule has 19 heavy (non-hydrogen) atoms. The third-order valence-electron chi connectivity index (χ3n) is 4.66. The average Bonchev–Trinajstić information content (AvgIpc) is 2.88. The molecule has 3 rings (SSSR count). The Kier molecular flexibility index (Phi) is 3.89. The number of rotatable bonds is 3. The second kappa shape index (κ2) is 5.63. The van der Waals surface area contributed by atoms with Crippen molar-refractivity contribution >= 4 is 0 Å². The van der Waals surface area contributed by atoms with Crippen LogP contribution in [0.2, 0.25) is 0 Å². The van der Waals surface area contributed by atoms with E-state index < -0.39 is 0 Å². The molecule has 0 aromatic carbocycles. The van der Waals surface area contributed by atoms with Gasteiger partial charge in [0.15, 0.2) is 0 Å². The fourth-order valence-corrected chi connectivity index (χ4v) is 3.29. The summed E-state index contributed by atoms with van der Waals surface area (Å²) >= 11 is 0. The molecule has 0 amide bonds. The molecule has 2 aliphatic heterocycles. The van der Waals surface area contributed by atoms with Gasteiger partial charge in [-0.15, -0.1) is 0 Å². The Balaban J connectivity index is 1.72. The van der Waals surface area contributed by atoms with Crippen LogP contribution >= 0.6 is 0 Å². The van der Waals surface area contributed by atoms with Crippen LogP contribution in [0.25, 0.3) is 0 Å². The standard InChI is InChI=1S/C15H25N3O/c1-15(5-8-19-9-6-15)11-18-12-16-10-14(18)13-4-2-3-7-17-13/h10,12-13,17H,2-9,11H2,1H3. The van der Waals surface area contributed by atoms with Crippen molar-refractivity contribution in [1.82, 2.24) is 14.9 Å². The summed E-state index contributed by atoms with van der Waals surface area (Å²) in [7, 11) is 0. The van der Waals surface area contributed by atoms with Gasteiger partial charge in [0.2, 0.25) is 0 Å². The third kappa shape index (κ3) is 3.00. The van der Waals surface area contributed by atoms with Crippen molar-refractivity contribution in [3.8, 4) is 0 Å². The van der Waals surface area contributed by atoms with Gasteiger partial charge in [0.1, 0.15) is 0 Å². The molecule has 1 unspecified atom stereocenters. The van der Waals surface area contributed by atoms with Crippen LogP contribution in [-0.4, -0.2) is 29.3 Å². The predicted octanol–water partition coefficient (Wildman–Crippen LogP) is 2.51. The van der Waals surface area contributed by atoms with Gasteiger partial charge < -0.3 is 14.6 Å². The molecular formula is C15H25N3O. The normalized spacial score (nSPS) is 27.3. The van der Waals surface area contributed by atoms with Crippen molar-refractivity contribution in [3.05, 3.63) is 18.2 Å². The lowest BCUT2D eigenvalue weighted by Crippen LogP contribution is -2.33. The largest absolute Gasteiger partial charge is 0.381 e. The van der Waals surface area contributed by atoms with Crippen LogP contribution in [-0.2, 0) is 11.3 Å². The molecule has 0 spiro atoms. The summed E-state index contributed by atoms with van der Waals surface area (Å²) in [5.41, 5.74) is 1.73. The van der Waals surface area contributed by atoms with E-state index in [-0.39, 0.29) is 0 Å². The van der Waals surface area contributed by atoms with Crippen molar-refractivity contribution in [2.24, 2.45) is 5.41 Å². The molecular weight excluding hydrogens is 238 g/mol. The van der Waals surface area contributed by atoms with Crippen LogP contribution in [0.4, 0.5) is 0 Å². The maximum atomic E-state index is 5.49. The van der Waals surface area contributed by atoms with Gasteiger partial charge in [-0.2, -0.15) is 0 Å². The molecule has 1 atom stereocenters. The van der Waals surface area contributed by atoms with E-state index in [1.54, 1.807) is 0 Å². The highest BCUT2D eigenvalue weighted by Gasteiger charge is 2.29. The highest BCUT2D eigenvalue weighted by atomic mass is 16.5. The van der Waals surface area contributed by atoms with Gasteiger partial charge >= 0.3 is 0 Å². The Hall–Kier alpha value is -0.870. The first-order chi connectivity index (χ1) is 9.27. The highest BCUT2D eigenvalue weighted by Crippen LogP contribution is 2.33. The van der Waals surface area contributed by atoms with E-state index in [2.05, 4.69) is 21.8 Å². The molecule has 2 fully saturated rings. The van der Waals surface area contributed by atoms with E-state index in [0.29, 0.717) is 11.5 Å². The first-order valence-electron chi connectivity index (χ1n) is 7.58. The van der Waals surface area contributed by atoms with Crippen molar-refractivity contribution in [1.29, 1.82) is 0 Å². The zero-order valence-corrected chi connectivity index (χ0v) is 11.9. The molecule has 106 valence electrons. The number of nitrogens with one attached hydrogen (secondary N) is 1. The summed E-state index contributed by atoms with van der Waals surface area (Å²) in [6.07, 6.45) is 10.2. The quantitative estimate of drug-likeness (QED) is 0.910. The molecule has 4 heteroatoms. The maximum absolute atomic E-state index is 5.49. The summed E-state index contributed by atoms with van der Waals surface area (Å²) in [4.78, 5) is 4.39. The van der Waals surface area contributed by atoms with Gasteiger partial charge in [-0.05, 0) is 37.6 Å². The molecule has 0 aliphatic carbocycles. The lowest BCUT2D eigenvalue weighted by molar-refractivity contribution is 0.0149. The molecule has 3 heterocycles. The average molecular weight is 263 g/mol. The highest BCUT2D eigenvalue weighted by molar-refractivity contribution is 5.07. The minimum absolute atomic E-state index is 0.363. The van der Waals surface area contributed by atoms with Crippen molar-refractivity contribution in [2.75, 3.05) is 19.8 Å². The number of nitrogens with zero attached hydrogens (tertiary/aromatic N) is 2. The van der Waals surface area contributed by atoms with Gasteiger partial charge in [-0.25, -0.2) is 4.98 Å². The summed E-state index contributed by atoms with van der Waals surface area (Å²) in [5, 5.41) is 3.63. The number of ether oxygens (including phenoxy) is 1. The van der Waals surface area contributed by atoms with Crippen molar-refractivity contribution < 1.29 is 4.74 Å². The molecule has 1 aromatic rings. The lowest BCUT2D eigenvalue weighted by atomic mass is 9.82. The van der Waals surface area contributed by atoms with Gasteiger partial charge in [-0.1, -0.05) is 13.3 Å². The Morgan fingerprint density at radius 3 is 3.00 bits per heavy atom. The van der Waals surface area contributed by atoms with E-state index >= 15 is 0 Å². The molecule has 2 aliphatic rings. The fraction of sp³-hybridized carbons (Fsp3) is 0.800. The summed E-state index contributed by atoms with van der Waals surface area (Å²) in [6, 6.07) is 0.500. The van der Waals surface area contributed by atoms with E-state index in [9.17, 15) is 0 Å². The molecule has 4 nitrogen and oxygen atoms in total. The van der Waals surface area contributed by atoms with E-state index in [1.165, 1.54) is 25.0 Å². The van der Waals surface area contributed by atoms with Crippen LogP contribution in [0.1, 0.15) is 50.8 Å². The zero-order chi connectivity index (χ0) is 13.1. The Morgan fingerprint density at radius 1 is 1.42 bits per heavy atom. The molecule has 1 N–H and O–H groups in total. The molecule has 0 radical (unpaired) electrons. The van der Waals surface area contributed by atoms with Crippen LogP contribution in [0, 0.1) is 5.41 Å². The second-order valence-electron chi connectivity index (χ2n) is 6.37. The fourth-order valence-electron chi connectivity index (χ4n) is 3.29. The van der Waals surface area contributed by atoms with Crippen LogP contribution < -0.4 is 5.32 Å². The predicted molar refractivity (Wildman–Crippen MR) is 75.0 cm³/mol. The van der Waals surface area contributed by atoms with E-state index in [4.69, 9.17) is 4.74 Å². The smallest absolute Gasteiger partial charge is 0.0948 e. The molecule has 1 aromatic heterocycles. The lowest BCUT2D eigenvalue weighted by Gasteiger charge is -2.35. The maximum Gasteiger partial charge on any atom is 0.0948 e. The summed E-state index contributed by atoms with van der Waals surface area (Å²) in [5.74, 6) is 0. The Labute approximate surface area is 115 Å². The molecule has 0 bridgehead atoms. The van der Waals surface area contributed by atoms with Gasteiger partial charge in [-0.3, -0.25) is 0 Å². The summed E-state index contributed by atoms with van der Waals surface area (Å²) in [6.45, 7) is 6.41. The van der Waals surface area contributed by atoms with Crippen LogP contribution in [0.5, 0.6) is 0 Å². The third-order valence-corrected chi connectivity index (χ3v) is 4.66. The Morgan fingerprint density at radius 2 is 2.26 bits per heavy atom. The first-order valence-corrected chi connectivity index (χ1v) is 7.58. The number of hydrogen-bond acceptors (Lipinski definition) is 3. The Bertz CT molecular complexity index is 403. The summed E-state index contributed by atoms with van der Waals surface area (Å²) < 4.78 is 7.86. The van der Waals surface area contributed by atoms with Gasteiger partial charge in [0, 0.05) is 32.0 Å². The number of piperidine rings is 1. The second-order valence-corrected chi connectivity index (χ2v) is 6.37. The van der Waals surface area contributed by atoms with Crippen molar-refractivity contribution in [2.45, 2.75) is 51.6 Å². The van der Waals surface area contributed by atoms with E-state index in [1.807, 2.05) is 12.5 Å². The van der Waals surface area contributed by atoms with Gasteiger partial charge in [0.05, 0.1) is 12.0 Å². The zero-order valence-electron chi connectivity index (χ0n) is 11.9.